The molecule has 1 aliphatic heterocycles. The van der Waals surface area contributed by atoms with Gasteiger partial charge in [0.2, 0.25) is 5.91 Å². The van der Waals surface area contributed by atoms with E-state index in [0.717, 1.165) is 6.42 Å². The highest BCUT2D eigenvalue weighted by Gasteiger charge is 2.36. The van der Waals surface area contributed by atoms with Crippen LogP contribution in [0.1, 0.15) is 30.3 Å². The highest BCUT2D eigenvalue weighted by molar-refractivity contribution is 5.95. The number of carbonyl (C=O) groups is 3. The lowest BCUT2D eigenvalue weighted by Crippen LogP contribution is -2.42. The topological polar surface area (TPSA) is 88.9 Å². The summed E-state index contributed by atoms with van der Waals surface area (Å²) in [7, 11) is 0. The van der Waals surface area contributed by atoms with Crippen LogP contribution in [0.4, 0.5) is 5.69 Å². The Bertz CT molecular complexity index is 785. The summed E-state index contributed by atoms with van der Waals surface area (Å²) < 4.78 is 10.5. The second kappa shape index (κ2) is 7.21. The van der Waals surface area contributed by atoms with Crippen LogP contribution in [-0.2, 0) is 9.59 Å². The van der Waals surface area contributed by atoms with Gasteiger partial charge in [0.25, 0.3) is 5.91 Å². The van der Waals surface area contributed by atoms with Crippen molar-refractivity contribution in [2.45, 2.75) is 25.8 Å². The molecule has 1 aromatic carbocycles. The normalized spacial score (nSPS) is 16.5. The van der Waals surface area contributed by atoms with Gasteiger partial charge in [-0.2, -0.15) is 0 Å². The predicted octanol–water partition coefficient (Wildman–Crippen LogP) is 2.45. The standard InChI is InChI=1S/C18H18N2O5/c1-12(21)19-13-5-2-6-14(11-13)25-18(23)15-7-3-9-20(15)17(22)16-8-4-10-24-16/h2,4-6,8,10-11,15H,3,7,9H2,1H3,(H,19,21)/t15-/m1/s1. The van der Waals surface area contributed by atoms with Gasteiger partial charge in [-0.05, 0) is 37.1 Å². The SMILES string of the molecule is CC(=O)Nc1cccc(OC(=O)[C@H]2CCCN2C(=O)c2ccco2)c1. The summed E-state index contributed by atoms with van der Waals surface area (Å²) >= 11 is 0. The molecule has 7 heteroatoms. The fourth-order valence-corrected chi connectivity index (χ4v) is 2.82. The quantitative estimate of drug-likeness (QED) is 0.681. The van der Waals surface area contributed by atoms with E-state index in [9.17, 15) is 14.4 Å². The van der Waals surface area contributed by atoms with E-state index in [-0.39, 0.29) is 17.6 Å². The van der Waals surface area contributed by atoms with Crippen LogP contribution in [0.15, 0.2) is 47.1 Å². The Morgan fingerprint density at radius 2 is 2.08 bits per heavy atom. The Hall–Kier alpha value is -3.09. The van der Waals surface area contributed by atoms with Gasteiger partial charge in [-0.1, -0.05) is 6.07 Å². The zero-order valence-corrected chi connectivity index (χ0v) is 13.7. The molecular formula is C18H18N2O5. The molecule has 1 saturated heterocycles. The summed E-state index contributed by atoms with van der Waals surface area (Å²) in [6, 6.07) is 9.10. The highest BCUT2D eigenvalue weighted by Crippen LogP contribution is 2.24. The maximum Gasteiger partial charge on any atom is 0.334 e. The zero-order chi connectivity index (χ0) is 17.8. The van der Waals surface area contributed by atoms with Crippen molar-refractivity contribution in [1.82, 2.24) is 4.90 Å². The number of hydrogen-bond donors (Lipinski definition) is 1. The summed E-state index contributed by atoms with van der Waals surface area (Å²) in [5, 5.41) is 2.63. The van der Waals surface area contributed by atoms with E-state index >= 15 is 0 Å². The van der Waals surface area contributed by atoms with Crippen LogP contribution in [0.2, 0.25) is 0 Å². The van der Waals surface area contributed by atoms with Crippen LogP contribution < -0.4 is 10.1 Å². The van der Waals surface area contributed by atoms with E-state index in [2.05, 4.69) is 5.32 Å². The first-order valence-electron chi connectivity index (χ1n) is 7.98. The Morgan fingerprint density at radius 1 is 1.24 bits per heavy atom. The Labute approximate surface area is 144 Å². The van der Waals surface area contributed by atoms with Gasteiger partial charge >= 0.3 is 5.97 Å². The monoisotopic (exact) mass is 342 g/mol. The van der Waals surface area contributed by atoms with Crippen molar-refractivity contribution in [3.8, 4) is 5.75 Å². The average molecular weight is 342 g/mol. The molecule has 0 bridgehead atoms. The second-order valence-corrected chi connectivity index (χ2v) is 5.76. The Morgan fingerprint density at radius 3 is 2.80 bits per heavy atom. The first-order valence-corrected chi connectivity index (χ1v) is 7.98. The summed E-state index contributed by atoms with van der Waals surface area (Å²) in [6.45, 7) is 1.88. The van der Waals surface area contributed by atoms with E-state index in [1.807, 2.05) is 0 Å². The molecule has 0 aliphatic carbocycles. The number of furan rings is 1. The Balaban J connectivity index is 1.70. The number of amides is 2. The number of nitrogens with one attached hydrogen (secondary N) is 1. The lowest BCUT2D eigenvalue weighted by molar-refractivity contribution is -0.138. The number of benzene rings is 1. The van der Waals surface area contributed by atoms with Crippen LogP contribution in [0.3, 0.4) is 0 Å². The van der Waals surface area contributed by atoms with Crippen LogP contribution in [0.5, 0.6) is 5.75 Å². The molecule has 7 nitrogen and oxygen atoms in total. The zero-order valence-electron chi connectivity index (χ0n) is 13.7. The fourth-order valence-electron chi connectivity index (χ4n) is 2.82. The molecule has 1 atom stereocenters. The number of rotatable bonds is 4. The van der Waals surface area contributed by atoms with Crippen LogP contribution in [0, 0.1) is 0 Å². The van der Waals surface area contributed by atoms with Crippen molar-refractivity contribution in [2.75, 3.05) is 11.9 Å². The molecule has 0 radical (unpaired) electrons. The summed E-state index contributed by atoms with van der Waals surface area (Å²) in [5.41, 5.74) is 0.535. The molecule has 0 unspecified atom stereocenters. The average Bonchev–Trinajstić information content (AvgIpc) is 3.26. The number of anilines is 1. The first-order chi connectivity index (χ1) is 12.0. The number of ether oxygens (including phenoxy) is 1. The van der Waals surface area contributed by atoms with Gasteiger partial charge in [0.1, 0.15) is 11.8 Å². The number of carbonyl (C=O) groups excluding carboxylic acids is 3. The van der Waals surface area contributed by atoms with Crippen molar-refractivity contribution >= 4 is 23.5 Å². The van der Waals surface area contributed by atoms with Gasteiger partial charge < -0.3 is 19.4 Å². The molecular weight excluding hydrogens is 324 g/mol. The molecule has 1 N–H and O–H groups in total. The van der Waals surface area contributed by atoms with Gasteiger partial charge in [0, 0.05) is 25.2 Å². The van der Waals surface area contributed by atoms with E-state index in [1.54, 1.807) is 36.4 Å². The van der Waals surface area contributed by atoms with Crippen molar-refractivity contribution < 1.29 is 23.5 Å². The largest absolute Gasteiger partial charge is 0.459 e. The third-order valence-electron chi connectivity index (χ3n) is 3.89. The highest BCUT2D eigenvalue weighted by atomic mass is 16.5. The molecule has 1 fully saturated rings. The maximum atomic E-state index is 12.5. The second-order valence-electron chi connectivity index (χ2n) is 5.76. The van der Waals surface area contributed by atoms with Crippen molar-refractivity contribution in [3.05, 3.63) is 48.4 Å². The predicted molar refractivity (Wildman–Crippen MR) is 89.1 cm³/mol. The minimum atomic E-state index is -0.651. The third-order valence-corrected chi connectivity index (χ3v) is 3.89. The molecule has 0 spiro atoms. The van der Waals surface area contributed by atoms with E-state index < -0.39 is 12.0 Å². The Kier molecular flexibility index (Phi) is 4.83. The van der Waals surface area contributed by atoms with Crippen molar-refractivity contribution in [2.24, 2.45) is 0 Å². The minimum absolute atomic E-state index is 0.201. The van der Waals surface area contributed by atoms with Gasteiger partial charge in [-0.25, -0.2) is 4.79 Å². The van der Waals surface area contributed by atoms with Crippen LogP contribution in [0.25, 0.3) is 0 Å². The van der Waals surface area contributed by atoms with E-state index in [1.165, 1.54) is 18.1 Å². The summed E-state index contributed by atoms with van der Waals surface area (Å²) in [4.78, 5) is 37.5. The molecule has 1 aromatic heterocycles. The number of esters is 1. The minimum Gasteiger partial charge on any atom is -0.459 e. The number of hydrogen-bond acceptors (Lipinski definition) is 5. The van der Waals surface area contributed by atoms with Gasteiger partial charge in [0.05, 0.1) is 6.26 Å². The van der Waals surface area contributed by atoms with Gasteiger partial charge in [-0.3, -0.25) is 9.59 Å². The summed E-state index contributed by atoms with van der Waals surface area (Å²) in [5.74, 6) is -0.524. The van der Waals surface area contributed by atoms with Gasteiger partial charge in [0.15, 0.2) is 5.76 Å². The molecule has 2 aromatic rings. The molecule has 2 heterocycles. The fraction of sp³-hybridized carbons (Fsp3) is 0.278. The maximum absolute atomic E-state index is 12.5. The lowest BCUT2D eigenvalue weighted by Gasteiger charge is -2.22. The number of likely N-dealkylation sites (tertiary alicyclic amines) is 1. The molecule has 0 saturated carbocycles. The van der Waals surface area contributed by atoms with E-state index in [4.69, 9.17) is 9.15 Å². The van der Waals surface area contributed by atoms with Crippen LogP contribution >= 0.6 is 0 Å². The lowest BCUT2D eigenvalue weighted by atomic mass is 10.2. The first kappa shape index (κ1) is 16.8. The molecule has 130 valence electrons. The molecule has 2 amide bonds. The van der Waals surface area contributed by atoms with Crippen molar-refractivity contribution in [1.29, 1.82) is 0 Å². The van der Waals surface area contributed by atoms with E-state index in [0.29, 0.717) is 24.4 Å². The summed E-state index contributed by atoms with van der Waals surface area (Å²) in [6.07, 6.45) is 2.68. The van der Waals surface area contributed by atoms with Crippen molar-refractivity contribution in [3.63, 3.8) is 0 Å². The molecule has 1 aliphatic rings. The molecule has 25 heavy (non-hydrogen) atoms. The van der Waals surface area contributed by atoms with Crippen LogP contribution in [-0.4, -0.2) is 35.3 Å². The molecule has 3 rings (SSSR count). The number of nitrogens with zero attached hydrogens (tertiary/aromatic N) is 1. The third kappa shape index (κ3) is 3.88. The van der Waals surface area contributed by atoms with Gasteiger partial charge in [-0.15, -0.1) is 0 Å². The smallest absolute Gasteiger partial charge is 0.334 e.